The van der Waals surface area contributed by atoms with Crippen LogP contribution in [0.25, 0.3) is 0 Å². The Labute approximate surface area is 167 Å². The molecule has 3 rings (SSSR count). The summed E-state index contributed by atoms with van der Waals surface area (Å²) in [7, 11) is 0. The minimum Gasteiger partial charge on any atom is -0.465 e. The van der Waals surface area contributed by atoms with E-state index in [0.717, 1.165) is 68.3 Å². The molecule has 0 saturated heterocycles. The Bertz CT molecular complexity index is 665. The maximum absolute atomic E-state index is 12.7. The van der Waals surface area contributed by atoms with Crippen molar-refractivity contribution in [1.29, 1.82) is 0 Å². The Balaban J connectivity index is 1.63. The maximum Gasteiger partial charge on any atom is 0.308 e. The summed E-state index contributed by atoms with van der Waals surface area (Å²) in [4.78, 5) is 24.8. The molecule has 1 aliphatic carbocycles. The minimum absolute atomic E-state index is 0.0346. The van der Waals surface area contributed by atoms with Crippen molar-refractivity contribution >= 4 is 11.9 Å². The van der Waals surface area contributed by atoms with Crippen LogP contribution in [0.3, 0.4) is 0 Å². The second kappa shape index (κ2) is 10.6. The molecule has 0 atom stereocenters. The average molecular weight is 392 g/mol. The molecule has 1 fully saturated rings. The van der Waals surface area contributed by atoms with Crippen molar-refractivity contribution in [2.24, 2.45) is 5.92 Å². The topological polar surface area (TPSA) is 82.5 Å². The number of hydrogen-bond acceptors (Lipinski definition) is 5. The van der Waals surface area contributed by atoms with E-state index in [9.17, 15) is 9.59 Å². The van der Waals surface area contributed by atoms with Gasteiger partial charge in [0, 0.05) is 32.7 Å². The SMILES string of the molecule is CCc1nn(CCCOC(=O)C2CCCC2)c2c1C(=O)NCCCOCCC2. The second-order valence-corrected chi connectivity index (χ2v) is 7.67. The lowest BCUT2D eigenvalue weighted by molar-refractivity contribution is -0.148. The number of esters is 1. The van der Waals surface area contributed by atoms with Crippen LogP contribution in [-0.4, -0.2) is 48.0 Å². The van der Waals surface area contributed by atoms with Gasteiger partial charge in [-0.15, -0.1) is 0 Å². The van der Waals surface area contributed by atoms with Gasteiger partial charge in [0.05, 0.1) is 29.5 Å². The molecule has 0 aromatic carbocycles. The van der Waals surface area contributed by atoms with Crippen molar-refractivity contribution in [3.05, 3.63) is 17.0 Å². The summed E-state index contributed by atoms with van der Waals surface area (Å²) in [5, 5.41) is 7.69. The van der Waals surface area contributed by atoms with Crippen molar-refractivity contribution < 1.29 is 19.1 Å². The molecule has 1 aromatic heterocycles. The number of aromatic nitrogens is 2. The molecule has 2 heterocycles. The molecule has 0 bridgehead atoms. The van der Waals surface area contributed by atoms with Gasteiger partial charge in [0.1, 0.15) is 0 Å². The predicted octanol–water partition coefficient (Wildman–Crippen LogP) is 2.65. The Morgan fingerprint density at radius 1 is 1.25 bits per heavy atom. The number of carbonyl (C=O) groups excluding carboxylic acids is 2. The van der Waals surface area contributed by atoms with Gasteiger partial charge in [0.25, 0.3) is 5.91 Å². The summed E-state index contributed by atoms with van der Waals surface area (Å²) in [6.07, 6.45) is 8.05. The summed E-state index contributed by atoms with van der Waals surface area (Å²) < 4.78 is 13.0. The van der Waals surface area contributed by atoms with Crippen molar-refractivity contribution in [3.8, 4) is 0 Å². The standard InChI is InChI=1S/C21H33N3O4/c1-2-17-19-18(10-5-13-27-14-6-11-22-20(19)25)24(23-17)12-7-15-28-21(26)16-8-3-4-9-16/h16H,2-15H2,1H3,(H,22,25). The van der Waals surface area contributed by atoms with E-state index in [4.69, 9.17) is 14.6 Å². The zero-order valence-corrected chi connectivity index (χ0v) is 17.0. The van der Waals surface area contributed by atoms with Crippen LogP contribution in [0.1, 0.15) is 73.6 Å². The fourth-order valence-electron chi connectivity index (χ4n) is 4.08. The Kier molecular flexibility index (Phi) is 7.89. The van der Waals surface area contributed by atoms with Crippen molar-refractivity contribution in [2.45, 2.75) is 71.3 Å². The van der Waals surface area contributed by atoms with E-state index in [-0.39, 0.29) is 17.8 Å². The number of carbonyl (C=O) groups is 2. The summed E-state index contributed by atoms with van der Waals surface area (Å²) in [6.45, 7) is 5.06. The molecule has 156 valence electrons. The molecule has 7 nitrogen and oxygen atoms in total. The third kappa shape index (κ3) is 5.34. The van der Waals surface area contributed by atoms with E-state index in [1.807, 2.05) is 11.6 Å². The molecular weight excluding hydrogens is 358 g/mol. The summed E-state index contributed by atoms with van der Waals surface area (Å²) >= 11 is 0. The molecule has 7 heteroatoms. The quantitative estimate of drug-likeness (QED) is 0.595. The first-order valence-electron chi connectivity index (χ1n) is 10.8. The highest BCUT2D eigenvalue weighted by atomic mass is 16.5. The van der Waals surface area contributed by atoms with E-state index in [1.54, 1.807) is 0 Å². The monoisotopic (exact) mass is 391 g/mol. The van der Waals surface area contributed by atoms with Gasteiger partial charge in [0.15, 0.2) is 0 Å². The summed E-state index contributed by atoms with van der Waals surface area (Å²) in [5.41, 5.74) is 2.55. The summed E-state index contributed by atoms with van der Waals surface area (Å²) in [5.74, 6) is 0.00689. The zero-order valence-electron chi connectivity index (χ0n) is 17.0. The number of aryl methyl sites for hydroxylation is 2. The first-order valence-corrected chi connectivity index (χ1v) is 10.8. The van der Waals surface area contributed by atoms with Crippen LogP contribution >= 0.6 is 0 Å². The van der Waals surface area contributed by atoms with Gasteiger partial charge < -0.3 is 14.8 Å². The van der Waals surface area contributed by atoms with Crippen LogP contribution in [-0.2, 0) is 33.7 Å². The van der Waals surface area contributed by atoms with Gasteiger partial charge in [0.2, 0.25) is 0 Å². The lowest BCUT2D eigenvalue weighted by Crippen LogP contribution is -2.26. The molecule has 1 N–H and O–H groups in total. The van der Waals surface area contributed by atoms with Gasteiger partial charge in [-0.2, -0.15) is 5.10 Å². The first kappa shape index (κ1) is 20.8. The fourth-order valence-corrected chi connectivity index (χ4v) is 4.08. The number of rotatable bonds is 6. The molecule has 0 unspecified atom stereocenters. The summed E-state index contributed by atoms with van der Waals surface area (Å²) in [6, 6.07) is 0. The molecule has 1 aromatic rings. The van der Waals surface area contributed by atoms with Gasteiger partial charge in [-0.25, -0.2) is 0 Å². The number of amides is 1. The number of ether oxygens (including phenoxy) is 2. The van der Waals surface area contributed by atoms with E-state index in [1.165, 1.54) is 0 Å². The molecular formula is C21H33N3O4. The van der Waals surface area contributed by atoms with Crippen LogP contribution in [0.15, 0.2) is 0 Å². The van der Waals surface area contributed by atoms with Crippen molar-refractivity contribution in [1.82, 2.24) is 15.1 Å². The Morgan fingerprint density at radius 3 is 2.82 bits per heavy atom. The maximum atomic E-state index is 12.7. The number of nitrogens with one attached hydrogen (secondary N) is 1. The van der Waals surface area contributed by atoms with Crippen LogP contribution in [0, 0.1) is 5.92 Å². The van der Waals surface area contributed by atoms with Crippen LogP contribution in [0.5, 0.6) is 0 Å². The lowest BCUT2D eigenvalue weighted by atomic mass is 10.1. The van der Waals surface area contributed by atoms with Crippen molar-refractivity contribution in [3.63, 3.8) is 0 Å². The Morgan fingerprint density at radius 2 is 2.04 bits per heavy atom. The van der Waals surface area contributed by atoms with Crippen molar-refractivity contribution in [2.75, 3.05) is 26.4 Å². The molecule has 1 aliphatic heterocycles. The van der Waals surface area contributed by atoms with E-state index in [2.05, 4.69) is 5.32 Å². The molecule has 0 spiro atoms. The number of hydrogen-bond donors (Lipinski definition) is 1. The normalized spacial score (nSPS) is 19.0. The van der Waals surface area contributed by atoms with Crippen LogP contribution < -0.4 is 5.32 Å². The Hall–Kier alpha value is -1.89. The minimum atomic E-state index is -0.0527. The van der Waals surface area contributed by atoms with Gasteiger partial charge in [-0.05, 0) is 38.5 Å². The smallest absolute Gasteiger partial charge is 0.308 e. The van der Waals surface area contributed by atoms with Gasteiger partial charge in [-0.1, -0.05) is 19.8 Å². The molecule has 0 radical (unpaired) electrons. The zero-order chi connectivity index (χ0) is 19.8. The third-order valence-corrected chi connectivity index (χ3v) is 5.59. The third-order valence-electron chi connectivity index (χ3n) is 5.59. The molecule has 1 saturated carbocycles. The molecule has 1 amide bonds. The van der Waals surface area contributed by atoms with E-state index >= 15 is 0 Å². The number of nitrogens with zero attached hydrogens (tertiary/aromatic N) is 2. The fraction of sp³-hybridized carbons (Fsp3) is 0.762. The predicted molar refractivity (Wildman–Crippen MR) is 105 cm³/mol. The lowest BCUT2D eigenvalue weighted by Gasteiger charge is -2.11. The average Bonchev–Trinajstić information content (AvgIpc) is 3.34. The van der Waals surface area contributed by atoms with E-state index in [0.29, 0.717) is 39.3 Å². The second-order valence-electron chi connectivity index (χ2n) is 7.67. The van der Waals surface area contributed by atoms with Gasteiger partial charge in [-0.3, -0.25) is 14.3 Å². The van der Waals surface area contributed by atoms with E-state index < -0.39 is 0 Å². The largest absolute Gasteiger partial charge is 0.465 e. The highest BCUT2D eigenvalue weighted by molar-refractivity contribution is 5.96. The van der Waals surface area contributed by atoms with Gasteiger partial charge >= 0.3 is 5.97 Å². The first-order chi connectivity index (χ1) is 13.7. The highest BCUT2D eigenvalue weighted by Gasteiger charge is 2.25. The highest BCUT2D eigenvalue weighted by Crippen LogP contribution is 2.25. The molecule has 2 aliphatic rings. The van der Waals surface area contributed by atoms with Crippen LogP contribution in [0.2, 0.25) is 0 Å². The number of fused-ring (bicyclic) bond motifs is 1. The molecule has 28 heavy (non-hydrogen) atoms. The van der Waals surface area contributed by atoms with Crippen LogP contribution in [0.4, 0.5) is 0 Å².